The standard InChI is InChI=1S/C17H23NO6/c1-12(19)23-10-17(9-16(18)22,11-24-13(2)20)7-6-14-4-3-5-15(21)8-14/h3-5,8,21H,6-7,9-11H2,1-2H3,(H2,18,22). The van der Waals surface area contributed by atoms with Gasteiger partial charge < -0.3 is 20.3 Å². The Labute approximate surface area is 140 Å². The first-order valence-corrected chi connectivity index (χ1v) is 7.55. The third-order valence-corrected chi connectivity index (χ3v) is 3.57. The summed E-state index contributed by atoms with van der Waals surface area (Å²) in [4.78, 5) is 33.8. The van der Waals surface area contributed by atoms with Crippen LogP contribution < -0.4 is 5.73 Å². The van der Waals surface area contributed by atoms with Gasteiger partial charge in [0, 0.05) is 25.7 Å². The predicted octanol–water partition coefficient (Wildman–Crippen LogP) is 1.31. The average molecular weight is 337 g/mol. The highest BCUT2D eigenvalue weighted by Gasteiger charge is 2.35. The topological polar surface area (TPSA) is 116 Å². The van der Waals surface area contributed by atoms with Gasteiger partial charge >= 0.3 is 11.9 Å². The van der Waals surface area contributed by atoms with Gasteiger partial charge in [0.15, 0.2) is 0 Å². The molecule has 3 N–H and O–H groups in total. The van der Waals surface area contributed by atoms with E-state index in [0.717, 1.165) is 5.56 Å². The zero-order valence-corrected chi connectivity index (χ0v) is 13.9. The molecule has 1 rings (SSSR count). The monoisotopic (exact) mass is 337 g/mol. The average Bonchev–Trinajstić information content (AvgIpc) is 2.48. The Morgan fingerprint density at radius 1 is 1.12 bits per heavy atom. The second kappa shape index (κ2) is 8.90. The van der Waals surface area contributed by atoms with Gasteiger partial charge in [-0.05, 0) is 30.5 Å². The van der Waals surface area contributed by atoms with Crippen molar-refractivity contribution in [3.05, 3.63) is 29.8 Å². The van der Waals surface area contributed by atoms with Gasteiger partial charge in [0.2, 0.25) is 5.91 Å². The van der Waals surface area contributed by atoms with Gasteiger partial charge in [-0.2, -0.15) is 0 Å². The number of ether oxygens (including phenoxy) is 2. The minimum Gasteiger partial charge on any atom is -0.508 e. The summed E-state index contributed by atoms with van der Waals surface area (Å²) in [6.07, 6.45) is 0.788. The van der Waals surface area contributed by atoms with E-state index in [1.807, 2.05) is 6.07 Å². The number of hydrogen-bond donors (Lipinski definition) is 2. The van der Waals surface area contributed by atoms with Crippen LogP contribution >= 0.6 is 0 Å². The van der Waals surface area contributed by atoms with E-state index in [1.54, 1.807) is 18.2 Å². The Hall–Kier alpha value is -2.57. The zero-order chi connectivity index (χ0) is 18.2. The molecule has 1 amide bonds. The van der Waals surface area contributed by atoms with Crippen LogP contribution in [0.1, 0.15) is 32.3 Å². The molecule has 24 heavy (non-hydrogen) atoms. The number of carbonyl (C=O) groups excluding carboxylic acids is 3. The lowest BCUT2D eigenvalue weighted by atomic mass is 9.80. The van der Waals surface area contributed by atoms with Crippen molar-refractivity contribution in [2.45, 2.75) is 33.1 Å². The van der Waals surface area contributed by atoms with Crippen molar-refractivity contribution in [2.24, 2.45) is 11.1 Å². The molecule has 0 saturated carbocycles. The smallest absolute Gasteiger partial charge is 0.302 e. The van der Waals surface area contributed by atoms with Crippen molar-refractivity contribution >= 4 is 17.8 Å². The highest BCUT2D eigenvalue weighted by molar-refractivity contribution is 5.75. The molecule has 0 aliphatic carbocycles. The molecule has 1 aromatic carbocycles. The molecule has 0 saturated heterocycles. The highest BCUT2D eigenvalue weighted by Crippen LogP contribution is 2.30. The van der Waals surface area contributed by atoms with Crippen molar-refractivity contribution < 1.29 is 29.0 Å². The summed E-state index contributed by atoms with van der Waals surface area (Å²) in [5.74, 6) is -1.44. The summed E-state index contributed by atoms with van der Waals surface area (Å²) >= 11 is 0. The Balaban J connectivity index is 2.94. The molecule has 0 aliphatic rings. The van der Waals surface area contributed by atoms with Crippen molar-refractivity contribution in [2.75, 3.05) is 13.2 Å². The normalized spacial score (nSPS) is 10.9. The lowest BCUT2D eigenvalue weighted by Crippen LogP contribution is -2.38. The van der Waals surface area contributed by atoms with Crippen LogP contribution in [0.4, 0.5) is 0 Å². The number of hydrogen-bond acceptors (Lipinski definition) is 6. The number of esters is 2. The lowest BCUT2D eigenvalue weighted by Gasteiger charge is -2.31. The van der Waals surface area contributed by atoms with Crippen LogP contribution in [0.15, 0.2) is 24.3 Å². The fraction of sp³-hybridized carbons (Fsp3) is 0.471. The summed E-state index contributed by atoms with van der Waals surface area (Å²) in [6, 6.07) is 6.69. The van der Waals surface area contributed by atoms with E-state index in [-0.39, 0.29) is 25.4 Å². The summed E-state index contributed by atoms with van der Waals surface area (Å²) < 4.78 is 10.1. The Morgan fingerprint density at radius 2 is 1.71 bits per heavy atom. The van der Waals surface area contributed by atoms with E-state index in [4.69, 9.17) is 15.2 Å². The molecule has 0 radical (unpaired) electrons. The van der Waals surface area contributed by atoms with Gasteiger partial charge in [-0.15, -0.1) is 0 Å². The molecule has 0 atom stereocenters. The summed E-state index contributed by atoms with van der Waals surface area (Å²) in [5.41, 5.74) is 5.26. The van der Waals surface area contributed by atoms with E-state index in [0.29, 0.717) is 12.8 Å². The maximum Gasteiger partial charge on any atom is 0.302 e. The van der Waals surface area contributed by atoms with Gasteiger partial charge in [0.1, 0.15) is 19.0 Å². The maximum absolute atomic E-state index is 11.5. The number of amides is 1. The van der Waals surface area contributed by atoms with Crippen LogP contribution in [0, 0.1) is 5.41 Å². The van der Waals surface area contributed by atoms with E-state index in [9.17, 15) is 19.5 Å². The van der Waals surface area contributed by atoms with Crippen LogP contribution in [0.25, 0.3) is 0 Å². The molecule has 0 bridgehead atoms. The quantitative estimate of drug-likeness (QED) is 0.656. The molecule has 0 fully saturated rings. The van der Waals surface area contributed by atoms with E-state index in [2.05, 4.69) is 0 Å². The highest BCUT2D eigenvalue weighted by atomic mass is 16.5. The molecular formula is C17H23NO6. The van der Waals surface area contributed by atoms with Crippen LogP contribution in [0.3, 0.4) is 0 Å². The van der Waals surface area contributed by atoms with Gasteiger partial charge in [-0.1, -0.05) is 12.1 Å². The minimum atomic E-state index is -0.908. The minimum absolute atomic E-state index is 0.0859. The number of aromatic hydroxyl groups is 1. The number of nitrogens with two attached hydrogens (primary N) is 1. The van der Waals surface area contributed by atoms with Crippen LogP contribution in [0.5, 0.6) is 5.75 Å². The fourth-order valence-corrected chi connectivity index (χ4v) is 2.38. The molecule has 7 heteroatoms. The Kier molecular flexibility index (Phi) is 7.23. The van der Waals surface area contributed by atoms with E-state index >= 15 is 0 Å². The SMILES string of the molecule is CC(=O)OCC(CCc1cccc(O)c1)(COC(C)=O)CC(N)=O. The molecule has 0 unspecified atom stereocenters. The van der Waals surface area contributed by atoms with Gasteiger partial charge in [0.25, 0.3) is 0 Å². The van der Waals surface area contributed by atoms with Gasteiger partial charge in [0.05, 0.1) is 0 Å². The van der Waals surface area contributed by atoms with Gasteiger partial charge in [-0.3, -0.25) is 14.4 Å². The number of phenols is 1. The van der Waals surface area contributed by atoms with Crippen molar-refractivity contribution in [1.82, 2.24) is 0 Å². The summed E-state index contributed by atoms with van der Waals surface area (Å²) in [5, 5.41) is 9.53. The molecule has 0 aliphatic heterocycles. The second-order valence-corrected chi connectivity index (χ2v) is 5.87. The zero-order valence-electron chi connectivity index (χ0n) is 13.9. The number of rotatable bonds is 9. The number of phenolic OH excluding ortho intramolecular Hbond substituents is 1. The van der Waals surface area contributed by atoms with Crippen LogP contribution in [0.2, 0.25) is 0 Å². The van der Waals surface area contributed by atoms with Gasteiger partial charge in [-0.25, -0.2) is 0 Å². The predicted molar refractivity (Wildman–Crippen MR) is 85.9 cm³/mol. The first-order valence-electron chi connectivity index (χ1n) is 7.55. The number of benzene rings is 1. The molecule has 1 aromatic rings. The van der Waals surface area contributed by atoms with Crippen molar-refractivity contribution in [3.63, 3.8) is 0 Å². The van der Waals surface area contributed by atoms with E-state index in [1.165, 1.54) is 13.8 Å². The maximum atomic E-state index is 11.5. The molecule has 132 valence electrons. The molecule has 0 aromatic heterocycles. The lowest BCUT2D eigenvalue weighted by molar-refractivity contribution is -0.154. The second-order valence-electron chi connectivity index (χ2n) is 5.87. The summed E-state index contributed by atoms with van der Waals surface area (Å²) in [6.45, 7) is 2.35. The number of primary amides is 1. The van der Waals surface area contributed by atoms with Crippen molar-refractivity contribution in [1.29, 1.82) is 0 Å². The Bertz CT molecular complexity index is 580. The first kappa shape index (κ1) is 19.5. The van der Waals surface area contributed by atoms with Crippen molar-refractivity contribution in [3.8, 4) is 5.75 Å². The summed E-state index contributed by atoms with van der Waals surface area (Å²) in [7, 11) is 0. The number of aryl methyl sites for hydroxylation is 1. The third-order valence-electron chi connectivity index (χ3n) is 3.57. The molecule has 7 nitrogen and oxygen atoms in total. The largest absolute Gasteiger partial charge is 0.508 e. The molecule has 0 heterocycles. The van der Waals surface area contributed by atoms with Crippen LogP contribution in [-0.4, -0.2) is 36.2 Å². The molecular weight excluding hydrogens is 314 g/mol. The van der Waals surface area contributed by atoms with E-state index < -0.39 is 23.3 Å². The van der Waals surface area contributed by atoms with Crippen LogP contribution in [-0.2, 0) is 30.3 Å². The third kappa shape index (κ3) is 7.13. The number of carbonyl (C=O) groups is 3. The Morgan fingerprint density at radius 3 is 2.17 bits per heavy atom. The molecule has 0 spiro atoms. The fourth-order valence-electron chi connectivity index (χ4n) is 2.38. The first-order chi connectivity index (χ1) is 11.2.